The van der Waals surface area contributed by atoms with Crippen molar-refractivity contribution in [2.75, 3.05) is 0 Å². The number of halogens is 1. The molecule has 0 radical (unpaired) electrons. The summed E-state index contributed by atoms with van der Waals surface area (Å²) in [5, 5.41) is 2.11. The molecule has 0 saturated carbocycles. The Balaban J connectivity index is 2.95. The van der Waals surface area contributed by atoms with Crippen molar-refractivity contribution in [1.29, 1.82) is 0 Å². The molecule has 0 unspecified atom stereocenters. The zero-order valence-corrected chi connectivity index (χ0v) is 9.25. The smallest absolute Gasteiger partial charge is 0.249 e. The number of aryl methyl sites for hydroxylation is 1. The first-order chi connectivity index (χ1) is 6.16. The third-order valence-corrected chi connectivity index (χ3v) is 2.82. The van der Waals surface area contributed by atoms with Crippen LogP contribution in [0.3, 0.4) is 0 Å². The second-order valence-electron chi connectivity index (χ2n) is 3.04. The molecule has 0 bridgehead atoms. The number of pyridine rings is 1. The molecule has 1 N–H and O–H groups in total. The average molecular weight is 285 g/mol. The van der Waals surface area contributed by atoms with Gasteiger partial charge in [-0.15, -0.1) is 0 Å². The van der Waals surface area contributed by atoms with Crippen LogP contribution in [0, 0.1) is 10.6 Å². The summed E-state index contributed by atoms with van der Waals surface area (Å²) < 4.78 is 0.906. The van der Waals surface area contributed by atoms with Gasteiger partial charge in [-0.2, -0.15) is 0 Å². The number of hydrogen-bond donors (Lipinski definition) is 1. The molecule has 0 aliphatic rings. The van der Waals surface area contributed by atoms with E-state index in [9.17, 15) is 4.79 Å². The van der Waals surface area contributed by atoms with Crippen LogP contribution in [-0.2, 0) is 0 Å². The second kappa shape index (κ2) is 3.14. The van der Waals surface area contributed by atoms with E-state index in [0.29, 0.717) is 0 Å². The summed E-state index contributed by atoms with van der Waals surface area (Å²) in [7, 11) is 0. The van der Waals surface area contributed by atoms with Gasteiger partial charge in [-0.05, 0) is 41.0 Å². The molecule has 0 saturated heterocycles. The summed E-state index contributed by atoms with van der Waals surface area (Å²) >= 11 is 2.14. The number of aromatic nitrogens is 1. The minimum Gasteiger partial charge on any atom is -0.317 e. The van der Waals surface area contributed by atoms with Gasteiger partial charge in [0, 0.05) is 11.5 Å². The molecule has 0 aliphatic heterocycles. The van der Waals surface area contributed by atoms with E-state index < -0.39 is 0 Å². The van der Waals surface area contributed by atoms with Crippen molar-refractivity contribution < 1.29 is 0 Å². The molecule has 0 spiro atoms. The van der Waals surface area contributed by atoms with Crippen LogP contribution in [0.4, 0.5) is 0 Å². The third kappa shape index (κ3) is 1.60. The van der Waals surface area contributed by atoms with Gasteiger partial charge in [-0.25, -0.2) is 0 Å². The van der Waals surface area contributed by atoms with Crippen LogP contribution in [0.2, 0.25) is 0 Å². The first kappa shape index (κ1) is 8.74. The molecule has 2 aromatic rings. The maximum Gasteiger partial charge on any atom is 0.249 e. The molecule has 0 atom stereocenters. The first-order valence-electron chi connectivity index (χ1n) is 3.96. The van der Waals surface area contributed by atoms with Crippen LogP contribution >= 0.6 is 22.6 Å². The number of rotatable bonds is 0. The molecule has 2 nitrogen and oxygen atoms in total. The van der Waals surface area contributed by atoms with E-state index in [1.165, 1.54) is 5.56 Å². The molecule has 2 rings (SSSR count). The maximum absolute atomic E-state index is 11.1. The van der Waals surface area contributed by atoms with Gasteiger partial charge in [-0.1, -0.05) is 17.7 Å². The zero-order valence-electron chi connectivity index (χ0n) is 7.10. The van der Waals surface area contributed by atoms with Crippen molar-refractivity contribution in [3.05, 3.63) is 43.9 Å². The lowest BCUT2D eigenvalue weighted by molar-refractivity contribution is 1.22. The van der Waals surface area contributed by atoms with Gasteiger partial charge in [0.05, 0.1) is 3.70 Å². The van der Waals surface area contributed by atoms with Crippen LogP contribution in [0.15, 0.2) is 29.1 Å². The Morgan fingerprint density at radius 1 is 1.31 bits per heavy atom. The SMILES string of the molecule is Cc1ccc2cc(=O)[nH]c(I)c2c1. The first-order valence-corrected chi connectivity index (χ1v) is 5.04. The zero-order chi connectivity index (χ0) is 9.42. The summed E-state index contributed by atoms with van der Waals surface area (Å²) in [5.74, 6) is 0. The fourth-order valence-electron chi connectivity index (χ4n) is 1.34. The van der Waals surface area contributed by atoms with Crippen LogP contribution in [0.1, 0.15) is 5.56 Å². The molecule has 1 heterocycles. The van der Waals surface area contributed by atoms with Crippen molar-refractivity contribution in [3.8, 4) is 0 Å². The van der Waals surface area contributed by atoms with Gasteiger partial charge in [0.15, 0.2) is 0 Å². The highest BCUT2D eigenvalue weighted by molar-refractivity contribution is 14.1. The highest BCUT2D eigenvalue weighted by atomic mass is 127. The van der Waals surface area contributed by atoms with Crippen LogP contribution in [0.5, 0.6) is 0 Å². The topological polar surface area (TPSA) is 32.9 Å². The fraction of sp³-hybridized carbons (Fsp3) is 0.100. The lowest BCUT2D eigenvalue weighted by Crippen LogP contribution is -2.05. The summed E-state index contributed by atoms with van der Waals surface area (Å²) in [5.41, 5.74) is 1.17. The Kier molecular flexibility index (Phi) is 2.11. The summed E-state index contributed by atoms with van der Waals surface area (Å²) in [6, 6.07) is 7.68. The highest BCUT2D eigenvalue weighted by Crippen LogP contribution is 2.17. The lowest BCUT2D eigenvalue weighted by Gasteiger charge is -2.00. The van der Waals surface area contributed by atoms with Crippen LogP contribution < -0.4 is 5.56 Å². The van der Waals surface area contributed by atoms with E-state index in [-0.39, 0.29) is 5.56 Å². The standard InChI is InChI=1S/C10H8INO/c1-6-2-3-7-5-9(13)12-10(11)8(7)4-6/h2-5H,1H3,(H,12,13). The van der Waals surface area contributed by atoms with Gasteiger partial charge in [0.25, 0.3) is 0 Å². The molecule has 0 fully saturated rings. The normalized spacial score (nSPS) is 10.6. The van der Waals surface area contributed by atoms with E-state index in [0.717, 1.165) is 14.5 Å². The molecule has 13 heavy (non-hydrogen) atoms. The molecule has 3 heteroatoms. The molecule has 1 aromatic carbocycles. The number of H-pyrrole nitrogens is 1. The predicted molar refractivity (Wildman–Crippen MR) is 62.0 cm³/mol. The Morgan fingerprint density at radius 2 is 2.08 bits per heavy atom. The number of nitrogens with one attached hydrogen (secondary N) is 1. The second-order valence-corrected chi connectivity index (χ2v) is 4.12. The summed E-state index contributed by atoms with van der Waals surface area (Å²) in [6.07, 6.45) is 0. The largest absolute Gasteiger partial charge is 0.317 e. The van der Waals surface area contributed by atoms with Crippen LogP contribution in [-0.4, -0.2) is 4.98 Å². The minimum absolute atomic E-state index is 0.0410. The number of aromatic amines is 1. The molecular weight excluding hydrogens is 277 g/mol. The Hall–Kier alpha value is -0.840. The monoisotopic (exact) mass is 285 g/mol. The number of benzene rings is 1. The Bertz CT molecular complexity index is 516. The van der Waals surface area contributed by atoms with Gasteiger partial charge in [0.2, 0.25) is 5.56 Å². The third-order valence-electron chi connectivity index (χ3n) is 1.96. The fourth-order valence-corrected chi connectivity index (χ4v) is 2.07. The number of hydrogen-bond acceptors (Lipinski definition) is 1. The van der Waals surface area contributed by atoms with Crippen LogP contribution in [0.25, 0.3) is 10.8 Å². The van der Waals surface area contributed by atoms with Crippen molar-refractivity contribution >= 4 is 33.4 Å². The Labute approximate surface area is 89.1 Å². The van der Waals surface area contributed by atoms with E-state index in [1.54, 1.807) is 6.07 Å². The van der Waals surface area contributed by atoms with Crippen molar-refractivity contribution in [2.45, 2.75) is 6.92 Å². The average Bonchev–Trinajstić information content (AvgIpc) is 2.06. The molecular formula is C10H8INO. The van der Waals surface area contributed by atoms with E-state index in [2.05, 4.69) is 33.6 Å². The van der Waals surface area contributed by atoms with Crippen molar-refractivity contribution in [1.82, 2.24) is 4.98 Å². The summed E-state index contributed by atoms with van der Waals surface area (Å²) in [6.45, 7) is 2.04. The maximum atomic E-state index is 11.1. The lowest BCUT2D eigenvalue weighted by atomic mass is 10.1. The van der Waals surface area contributed by atoms with Gasteiger partial charge < -0.3 is 4.98 Å². The van der Waals surface area contributed by atoms with Crippen molar-refractivity contribution in [3.63, 3.8) is 0 Å². The molecule has 0 amide bonds. The molecule has 66 valence electrons. The van der Waals surface area contributed by atoms with E-state index in [1.807, 2.05) is 19.1 Å². The highest BCUT2D eigenvalue weighted by Gasteiger charge is 1.99. The minimum atomic E-state index is -0.0410. The summed E-state index contributed by atoms with van der Waals surface area (Å²) in [4.78, 5) is 13.9. The van der Waals surface area contributed by atoms with E-state index in [4.69, 9.17) is 0 Å². The van der Waals surface area contributed by atoms with E-state index >= 15 is 0 Å². The number of fused-ring (bicyclic) bond motifs is 1. The predicted octanol–water partition coefficient (Wildman–Crippen LogP) is 2.44. The Morgan fingerprint density at radius 3 is 2.85 bits per heavy atom. The van der Waals surface area contributed by atoms with Gasteiger partial charge in [0.1, 0.15) is 0 Å². The quantitative estimate of drug-likeness (QED) is 0.585. The van der Waals surface area contributed by atoms with Crippen molar-refractivity contribution in [2.24, 2.45) is 0 Å². The molecule has 0 aliphatic carbocycles. The van der Waals surface area contributed by atoms with Gasteiger partial charge in [-0.3, -0.25) is 4.79 Å². The van der Waals surface area contributed by atoms with Gasteiger partial charge >= 0.3 is 0 Å². The molecule has 1 aromatic heterocycles.